The fraction of sp³-hybridized carbons (Fsp3) is 0.571. The fourth-order valence-electron chi connectivity index (χ4n) is 5.52. The van der Waals surface area contributed by atoms with Crippen molar-refractivity contribution in [1.82, 2.24) is 15.3 Å². The van der Waals surface area contributed by atoms with Gasteiger partial charge in [0.15, 0.2) is 5.82 Å². The number of ether oxygens (including phenoxy) is 1. The van der Waals surface area contributed by atoms with Crippen molar-refractivity contribution in [2.24, 2.45) is 16.3 Å². The van der Waals surface area contributed by atoms with Crippen LogP contribution in [-0.4, -0.2) is 32.8 Å². The predicted octanol–water partition coefficient (Wildman–Crippen LogP) is 5.74. The maximum absolute atomic E-state index is 13.0. The SMILES string of the molecule is CC1(C)CC=C(C2=C(NC(=O)c3ncc(C#N)[nH]3)C=CCC(C3CC(C)(C)OC(C)(C)C3)=N2)CC1. The Kier molecular flexibility index (Phi) is 6.63. The molecule has 1 saturated heterocycles. The molecule has 0 bridgehead atoms. The van der Waals surface area contributed by atoms with E-state index in [1.807, 2.05) is 12.1 Å². The van der Waals surface area contributed by atoms with E-state index in [0.717, 1.165) is 49.9 Å². The topological polar surface area (TPSA) is 103 Å². The summed E-state index contributed by atoms with van der Waals surface area (Å²) in [6.07, 6.45) is 13.2. The molecule has 0 radical (unpaired) electrons. The number of hydrogen-bond donors (Lipinski definition) is 2. The average molecular weight is 476 g/mol. The molecule has 1 aromatic rings. The highest BCUT2D eigenvalue weighted by Crippen LogP contribution is 2.42. The molecule has 1 aromatic heterocycles. The van der Waals surface area contributed by atoms with Gasteiger partial charge in [0.1, 0.15) is 11.8 Å². The van der Waals surface area contributed by atoms with Crippen molar-refractivity contribution < 1.29 is 9.53 Å². The summed E-state index contributed by atoms with van der Waals surface area (Å²) in [7, 11) is 0. The summed E-state index contributed by atoms with van der Waals surface area (Å²) in [6.45, 7) is 13.2. The highest BCUT2D eigenvalue weighted by molar-refractivity contribution is 5.93. The van der Waals surface area contributed by atoms with Crippen molar-refractivity contribution in [3.8, 4) is 6.07 Å². The lowest BCUT2D eigenvalue weighted by molar-refractivity contribution is -0.164. The summed E-state index contributed by atoms with van der Waals surface area (Å²) in [6, 6.07) is 1.97. The maximum Gasteiger partial charge on any atom is 0.291 e. The number of imidazole rings is 1. The van der Waals surface area contributed by atoms with Gasteiger partial charge in [-0.25, -0.2) is 4.98 Å². The summed E-state index contributed by atoms with van der Waals surface area (Å²) >= 11 is 0. The minimum Gasteiger partial charge on any atom is -0.370 e. The second-order valence-corrected chi connectivity index (χ2v) is 12.0. The number of nitrogens with zero attached hydrogens (tertiary/aromatic N) is 3. The molecule has 7 nitrogen and oxygen atoms in total. The fourth-order valence-corrected chi connectivity index (χ4v) is 5.52. The molecule has 0 atom stereocenters. The number of amides is 1. The second-order valence-electron chi connectivity index (χ2n) is 12.0. The van der Waals surface area contributed by atoms with Gasteiger partial charge in [-0.2, -0.15) is 5.26 Å². The number of aromatic amines is 1. The van der Waals surface area contributed by atoms with Crippen molar-refractivity contribution >= 4 is 11.6 Å². The van der Waals surface area contributed by atoms with E-state index in [2.05, 4.69) is 69.0 Å². The molecule has 2 aliphatic heterocycles. The van der Waals surface area contributed by atoms with Gasteiger partial charge >= 0.3 is 0 Å². The number of nitriles is 1. The molecule has 35 heavy (non-hydrogen) atoms. The number of carbonyl (C=O) groups excluding carboxylic acids is 1. The van der Waals surface area contributed by atoms with Crippen LogP contribution in [0.3, 0.4) is 0 Å². The Morgan fingerprint density at radius 1 is 1.20 bits per heavy atom. The zero-order valence-corrected chi connectivity index (χ0v) is 21.8. The third-order valence-corrected chi connectivity index (χ3v) is 7.06. The van der Waals surface area contributed by atoms with Gasteiger partial charge in [0.2, 0.25) is 0 Å². The van der Waals surface area contributed by atoms with Crippen LogP contribution in [0.1, 0.15) is 96.4 Å². The molecule has 2 N–H and O–H groups in total. The number of rotatable bonds is 4. The molecule has 3 heterocycles. The Labute approximate surface area is 208 Å². The van der Waals surface area contributed by atoms with Crippen LogP contribution >= 0.6 is 0 Å². The van der Waals surface area contributed by atoms with Crippen LogP contribution in [0.25, 0.3) is 0 Å². The minimum absolute atomic E-state index is 0.113. The molecule has 1 fully saturated rings. The molecule has 186 valence electrons. The molecule has 7 heteroatoms. The number of hydrogen-bond acceptors (Lipinski definition) is 5. The third-order valence-electron chi connectivity index (χ3n) is 7.06. The van der Waals surface area contributed by atoms with Crippen LogP contribution in [0.15, 0.2) is 46.4 Å². The first kappa shape index (κ1) is 25.1. The van der Waals surface area contributed by atoms with E-state index in [1.54, 1.807) is 0 Å². The van der Waals surface area contributed by atoms with Gasteiger partial charge in [-0.3, -0.25) is 9.79 Å². The van der Waals surface area contributed by atoms with E-state index in [0.29, 0.717) is 11.6 Å². The molecule has 0 aromatic carbocycles. The van der Waals surface area contributed by atoms with Crippen LogP contribution in [0.2, 0.25) is 0 Å². The molecule has 4 rings (SSSR count). The zero-order valence-electron chi connectivity index (χ0n) is 21.8. The van der Waals surface area contributed by atoms with Crippen molar-refractivity contribution in [3.05, 3.63) is 52.9 Å². The molecule has 0 unspecified atom stereocenters. The largest absolute Gasteiger partial charge is 0.370 e. The van der Waals surface area contributed by atoms with E-state index >= 15 is 0 Å². The quantitative estimate of drug-likeness (QED) is 0.579. The van der Waals surface area contributed by atoms with Crippen molar-refractivity contribution in [1.29, 1.82) is 5.26 Å². The molecule has 0 spiro atoms. The lowest BCUT2D eigenvalue weighted by atomic mass is 9.77. The van der Waals surface area contributed by atoms with Crippen LogP contribution in [0.5, 0.6) is 0 Å². The van der Waals surface area contributed by atoms with Gasteiger partial charge in [-0.15, -0.1) is 0 Å². The van der Waals surface area contributed by atoms with E-state index in [9.17, 15) is 4.79 Å². The summed E-state index contributed by atoms with van der Waals surface area (Å²) in [4.78, 5) is 25.0. The highest BCUT2D eigenvalue weighted by atomic mass is 16.5. The number of allylic oxidation sites excluding steroid dienone is 4. The van der Waals surface area contributed by atoms with Crippen molar-refractivity contribution in [2.45, 2.75) is 91.3 Å². The predicted molar refractivity (Wildman–Crippen MR) is 137 cm³/mol. The van der Waals surface area contributed by atoms with Gasteiger partial charge < -0.3 is 15.0 Å². The second kappa shape index (κ2) is 9.23. The van der Waals surface area contributed by atoms with Crippen LogP contribution in [0, 0.1) is 22.7 Å². The number of aliphatic imine (C=N–C) groups is 1. The zero-order chi connectivity index (χ0) is 25.4. The summed E-state index contributed by atoms with van der Waals surface area (Å²) in [5.74, 6) is 0.0293. The minimum atomic E-state index is -0.382. The average Bonchev–Trinajstić information content (AvgIpc) is 3.14. The Balaban J connectivity index is 1.72. The smallest absolute Gasteiger partial charge is 0.291 e. The lowest BCUT2D eigenvalue weighted by Crippen LogP contribution is -2.47. The summed E-state index contributed by atoms with van der Waals surface area (Å²) in [5, 5.41) is 12.1. The van der Waals surface area contributed by atoms with E-state index < -0.39 is 0 Å². The summed E-state index contributed by atoms with van der Waals surface area (Å²) < 4.78 is 6.33. The highest BCUT2D eigenvalue weighted by Gasteiger charge is 2.41. The van der Waals surface area contributed by atoms with Gasteiger partial charge in [-0.1, -0.05) is 26.0 Å². The standard InChI is InChI=1S/C28H37N5O2/c1-26(2)12-10-18(11-13-26)23-22(33-25(34)24-30-17-20(16-29)31-24)9-7-8-21(32-23)19-14-27(3,4)35-28(5,6)15-19/h7,9-10,17,19H,8,11-15H2,1-6H3,(H,30,31)(H,33,34). The lowest BCUT2D eigenvalue weighted by Gasteiger charge is -2.45. The molecular weight excluding hydrogens is 438 g/mol. The van der Waals surface area contributed by atoms with Gasteiger partial charge in [0, 0.05) is 18.1 Å². The molecule has 3 aliphatic rings. The Bertz CT molecular complexity index is 1150. The van der Waals surface area contributed by atoms with E-state index in [1.165, 1.54) is 11.8 Å². The Morgan fingerprint density at radius 3 is 2.51 bits per heavy atom. The maximum atomic E-state index is 13.0. The normalized spacial score (nSPS) is 23.7. The van der Waals surface area contributed by atoms with Crippen LogP contribution < -0.4 is 5.32 Å². The van der Waals surface area contributed by atoms with Crippen LogP contribution in [0.4, 0.5) is 0 Å². The van der Waals surface area contributed by atoms with Gasteiger partial charge in [0.05, 0.1) is 28.8 Å². The van der Waals surface area contributed by atoms with E-state index in [-0.39, 0.29) is 34.0 Å². The molecule has 1 amide bonds. The number of nitrogens with one attached hydrogen (secondary N) is 2. The number of H-pyrrole nitrogens is 1. The van der Waals surface area contributed by atoms with Crippen LogP contribution in [-0.2, 0) is 4.74 Å². The first-order valence-corrected chi connectivity index (χ1v) is 12.5. The third kappa shape index (κ3) is 5.99. The number of aromatic nitrogens is 2. The molecular formula is C28H37N5O2. The molecule has 1 aliphatic carbocycles. The number of carbonyl (C=O) groups is 1. The first-order valence-electron chi connectivity index (χ1n) is 12.5. The first-order chi connectivity index (χ1) is 16.4. The monoisotopic (exact) mass is 475 g/mol. The summed E-state index contributed by atoms with van der Waals surface area (Å²) in [5.41, 5.74) is 3.89. The van der Waals surface area contributed by atoms with Gasteiger partial charge in [0.25, 0.3) is 5.91 Å². The van der Waals surface area contributed by atoms with E-state index in [4.69, 9.17) is 15.0 Å². The van der Waals surface area contributed by atoms with Crippen molar-refractivity contribution in [3.63, 3.8) is 0 Å². The molecule has 0 saturated carbocycles. The Hall–Kier alpha value is -2.98. The van der Waals surface area contributed by atoms with Crippen molar-refractivity contribution in [2.75, 3.05) is 0 Å². The van der Waals surface area contributed by atoms with Gasteiger partial charge in [-0.05, 0) is 76.9 Å². The Morgan fingerprint density at radius 2 is 1.91 bits per heavy atom.